The molecule has 1 aliphatic rings. The highest BCUT2D eigenvalue weighted by atomic mass is 79.9. The van der Waals surface area contributed by atoms with Crippen LogP contribution in [-0.4, -0.2) is 24.0 Å². The summed E-state index contributed by atoms with van der Waals surface area (Å²) in [5.74, 6) is -0.669. The Hall–Kier alpha value is -3.03. The molecule has 0 bridgehead atoms. The molecule has 202 valence electrons. The first-order valence-corrected chi connectivity index (χ1v) is 15.0. The van der Waals surface area contributed by atoms with Gasteiger partial charge in [0, 0.05) is 20.3 Å². The van der Waals surface area contributed by atoms with E-state index < -0.39 is 5.97 Å². The second-order valence-corrected chi connectivity index (χ2v) is 13.1. The minimum Gasteiger partial charge on any atom is -0.465 e. The van der Waals surface area contributed by atoms with Crippen molar-refractivity contribution < 1.29 is 14.3 Å². The van der Waals surface area contributed by atoms with Crippen LogP contribution < -0.4 is 5.32 Å². The largest absolute Gasteiger partial charge is 0.465 e. The van der Waals surface area contributed by atoms with Crippen LogP contribution in [0.1, 0.15) is 83.2 Å². The predicted octanol–water partition coefficient (Wildman–Crippen LogP) is 8.72. The molecule has 1 amide bonds. The molecule has 1 aliphatic carbocycles. The van der Waals surface area contributed by atoms with E-state index in [0.29, 0.717) is 16.1 Å². The summed E-state index contributed by atoms with van der Waals surface area (Å²) in [5, 5.41) is 4.40. The maximum Gasteiger partial charge on any atom is 0.341 e. The van der Waals surface area contributed by atoms with E-state index in [4.69, 9.17) is 9.72 Å². The van der Waals surface area contributed by atoms with Crippen LogP contribution in [0.4, 0.5) is 5.00 Å². The van der Waals surface area contributed by atoms with Gasteiger partial charge in [0.1, 0.15) is 5.00 Å². The van der Waals surface area contributed by atoms with Gasteiger partial charge >= 0.3 is 5.97 Å². The van der Waals surface area contributed by atoms with Gasteiger partial charge in [-0.15, -0.1) is 11.3 Å². The van der Waals surface area contributed by atoms with Crippen molar-refractivity contribution in [3.05, 3.63) is 80.1 Å². The summed E-state index contributed by atoms with van der Waals surface area (Å²) >= 11 is 5.05. The lowest BCUT2D eigenvalue weighted by Gasteiger charge is -2.19. The average molecular weight is 606 g/mol. The number of ether oxygens (including phenoxy) is 1. The van der Waals surface area contributed by atoms with Crippen LogP contribution in [-0.2, 0) is 23.0 Å². The zero-order valence-electron chi connectivity index (χ0n) is 22.8. The Kier molecular flexibility index (Phi) is 7.92. The Morgan fingerprint density at radius 1 is 0.974 bits per heavy atom. The third-order valence-electron chi connectivity index (χ3n) is 7.35. The van der Waals surface area contributed by atoms with Crippen molar-refractivity contribution in [1.82, 2.24) is 4.98 Å². The molecule has 0 fully saturated rings. The standard InChI is InChI=1S/C32H33BrN2O3S/c1-32(2,3)20-13-11-19(12-14-20)26-18-24(23-17-21(33)15-16-25(23)34-26)29(36)35-30-28(31(37)38-4)22-9-7-5-6-8-10-27(22)39-30/h11-18H,5-10H2,1-4H3,(H,35,36). The number of methoxy groups -OCH3 is 1. The number of aromatic nitrogens is 1. The summed E-state index contributed by atoms with van der Waals surface area (Å²) in [6.07, 6.45) is 6.19. The Bertz CT molecular complexity index is 1550. The molecule has 0 saturated carbocycles. The molecule has 1 N–H and O–H groups in total. The monoisotopic (exact) mass is 604 g/mol. The normalized spacial score (nSPS) is 13.9. The lowest BCUT2D eigenvalue weighted by molar-refractivity contribution is 0.0601. The summed E-state index contributed by atoms with van der Waals surface area (Å²) in [7, 11) is 1.39. The van der Waals surface area contributed by atoms with Gasteiger partial charge in [-0.05, 0) is 66.5 Å². The Morgan fingerprint density at radius 2 is 1.69 bits per heavy atom. The number of esters is 1. The highest BCUT2D eigenvalue weighted by Crippen LogP contribution is 2.38. The first-order chi connectivity index (χ1) is 18.7. The molecule has 5 nitrogen and oxygen atoms in total. The van der Waals surface area contributed by atoms with E-state index in [1.54, 1.807) is 0 Å². The highest BCUT2D eigenvalue weighted by molar-refractivity contribution is 9.10. The number of pyridine rings is 1. The molecule has 39 heavy (non-hydrogen) atoms. The number of nitrogens with zero attached hydrogens (tertiary/aromatic N) is 1. The molecule has 2 aromatic carbocycles. The summed E-state index contributed by atoms with van der Waals surface area (Å²) in [6, 6.07) is 16.0. The molecule has 0 unspecified atom stereocenters. The number of rotatable bonds is 4. The third-order valence-corrected chi connectivity index (χ3v) is 9.05. The lowest BCUT2D eigenvalue weighted by Crippen LogP contribution is -2.15. The topological polar surface area (TPSA) is 68.3 Å². The predicted molar refractivity (Wildman–Crippen MR) is 163 cm³/mol. The summed E-state index contributed by atoms with van der Waals surface area (Å²) < 4.78 is 6.02. The number of nitrogens with one attached hydrogen (secondary N) is 1. The quantitative estimate of drug-likeness (QED) is 0.236. The molecule has 2 aromatic heterocycles. The zero-order valence-corrected chi connectivity index (χ0v) is 25.2. The number of aryl methyl sites for hydroxylation is 1. The van der Waals surface area contributed by atoms with Gasteiger partial charge in [0.05, 0.1) is 29.4 Å². The van der Waals surface area contributed by atoms with Gasteiger partial charge < -0.3 is 10.1 Å². The molecule has 2 heterocycles. The zero-order chi connectivity index (χ0) is 27.7. The fourth-order valence-corrected chi connectivity index (χ4v) is 6.80. The first-order valence-electron chi connectivity index (χ1n) is 13.4. The minimum absolute atomic E-state index is 0.0436. The van der Waals surface area contributed by atoms with E-state index in [1.807, 2.05) is 24.3 Å². The minimum atomic E-state index is -0.398. The van der Waals surface area contributed by atoms with Gasteiger partial charge in [-0.1, -0.05) is 73.8 Å². The van der Waals surface area contributed by atoms with Crippen LogP contribution in [0.5, 0.6) is 0 Å². The van der Waals surface area contributed by atoms with Crippen LogP contribution in [0.15, 0.2) is 53.0 Å². The molecular formula is C32H33BrN2O3S. The summed E-state index contributed by atoms with van der Waals surface area (Å²) in [5.41, 5.74) is 5.71. The van der Waals surface area contributed by atoms with Gasteiger partial charge in [0.25, 0.3) is 5.91 Å². The molecule has 7 heteroatoms. The van der Waals surface area contributed by atoms with Crippen molar-refractivity contribution in [2.75, 3.05) is 12.4 Å². The van der Waals surface area contributed by atoms with E-state index in [2.05, 4.69) is 66.3 Å². The first kappa shape index (κ1) is 27.5. The SMILES string of the molecule is COC(=O)c1c(NC(=O)c2cc(-c3ccc(C(C)(C)C)cc3)nc3ccc(Br)cc23)sc2c1CCCCCC2. The van der Waals surface area contributed by atoms with Crippen molar-refractivity contribution in [2.45, 2.75) is 64.7 Å². The summed E-state index contributed by atoms with van der Waals surface area (Å²) in [4.78, 5) is 32.9. The Balaban J connectivity index is 1.58. The number of hydrogen-bond donors (Lipinski definition) is 1. The number of carbonyl (C=O) groups is 2. The molecule has 0 spiro atoms. The van der Waals surface area contributed by atoms with Crippen LogP contribution in [0.2, 0.25) is 0 Å². The number of hydrogen-bond acceptors (Lipinski definition) is 5. The average Bonchev–Trinajstić information content (AvgIpc) is 3.22. The third kappa shape index (κ3) is 5.80. The molecule has 0 aliphatic heterocycles. The molecular weight excluding hydrogens is 572 g/mol. The lowest BCUT2D eigenvalue weighted by atomic mass is 9.86. The van der Waals surface area contributed by atoms with Gasteiger partial charge in [0.2, 0.25) is 0 Å². The van der Waals surface area contributed by atoms with E-state index in [1.165, 1.54) is 35.3 Å². The molecule has 4 aromatic rings. The van der Waals surface area contributed by atoms with E-state index in [9.17, 15) is 9.59 Å². The molecule has 0 atom stereocenters. The number of anilines is 1. The number of thiophene rings is 1. The van der Waals surface area contributed by atoms with Crippen LogP contribution >= 0.6 is 27.3 Å². The smallest absolute Gasteiger partial charge is 0.341 e. The van der Waals surface area contributed by atoms with Crippen LogP contribution in [0, 0.1) is 0 Å². The van der Waals surface area contributed by atoms with Crippen molar-refractivity contribution in [2.24, 2.45) is 0 Å². The van der Waals surface area contributed by atoms with Crippen molar-refractivity contribution in [3.63, 3.8) is 0 Å². The Labute approximate surface area is 242 Å². The summed E-state index contributed by atoms with van der Waals surface area (Å²) in [6.45, 7) is 6.56. The number of fused-ring (bicyclic) bond motifs is 2. The van der Waals surface area contributed by atoms with Gasteiger partial charge in [-0.25, -0.2) is 9.78 Å². The Morgan fingerprint density at radius 3 is 2.38 bits per heavy atom. The van der Waals surface area contributed by atoms with Gasteiger partial charge in [-0.2, -0.15) is 0 Å². The van der Waals surface area contributed by atoms with E-state index in [-0.39, 0.29) is 11.3 Å². The number of halogens is 1. The molecule has 0 saturated heterocycles. The fraction of sp³-hybridized carbons (Fsp3) is 0.344. The van der Waals surface area contributed by atoms with E-state index in [0.717, 1.165) is 64.3 Å². The molecule has 5 rings (SSSR count). The highest BCUT2D eigenvalue weighted by Gasteiger charge is 2.27. The molecule has 0 radical (unpaired) electrons. The van der Waals surface area contributed by atoms with Crippen molar-refractivity contribution in [3.8, 4) is 11.3 Å². The number of carbonyl (C=O) groups excluding carboxylic acids is 2. The number of amides is 1. The van der Waals surface area contributed by atoms with Crippen molar-refractivity contribution in [1.29, 1.82) is 0 Å². The van der Waals surface area contributed by atoms with Crippen molar-refractivity contribution >= 4 is 55.0 Å². The van der Waals surface area contributed by atoms with E-state index >= 15 is 0 Å². The fourth-order valence-electron chi connectivity index (χ4n) is 5.17. The van der Waals surface area contributed by atoms with Gasteiger partial charge in [-0.3, -0.25) is 4.79 Å². The maximum atomic E-state index is 13.9. The maximum absolute atomic E-state index is 13.9. The second-order valence-electron chi connectivity index (χ2n) is 11.1. The van der Waals surface area contributed by atoms with Crippen LogP contribution in [0.3, 0.4) is 0 Å². The van der Waals surface area contributed by atoms with Crippen LogP contribution in [0.25, 0.3) is 22.2 Å². The second kappa shape index (κ2) is 11.2. The number of benzene rings is 2. The van der Waals surface area contributed by atoms with Gasteiger partial charge in [0.15, 0.2) is 0 Å².